The van der Waals surface area contributed by atoms with Crippen molar-refractivity contribution in [3.05, 3.63) is 215 Å². The zero-order valence-electron chi connectivity index (χ0n) is 49.8. The number of methoxy groups -OCH3 is 2. The van der Waals surface area contributed by atoms with Gasteiger partial charge < -0.3 is 74.4 Å². The van der Waals surface area contributed by atoms with Gasteiger partial charge in [-0.15, -0.1) is 0 Å². The highest BCUT2D eigenvalue weighted by molar-refractivity contribution is 6.31. The molecule has 0 radical (unpaired) electrons. The first kappa shape index (κ1) is 66.0. The largest absolute Gasteiger partial charge is 0.497 e. The molecule has 6 aromatic rings. The fourth-order valence-electron chi connectivity index (χ4n) is 10.0. The molecule has 7 atom stereocenters. The molecule has 8 rings (SSSR count). The highest BCUT2D eigenvalue weighted by Gasteiger charge is 2.46. The second-order valence-corrected chi connectivity index (χ2v) is 21.0. The van der Waals surface area contributed by atoms with E-state index in [1.807, 2.05) is 78.9 Å². The van der Waals surface area contributed by atoms with Gasteiger partial charge in [0.2, 0.25) is 5.91 Å². The molecule has 1 unspecified atom stereocenters. The van der Waals surface area contributed by atoms with Crippen LogP contribution in [0.4, 0.5) is 0 Å². The Labute approximate surface area is 517 Å². The smallest absolute Gasteiger partial charge is 0.338 e. The van der Waals surface area contributed by atoms with Gasteiger partial charge in [0.25, 0.3) is 0 Å². The summed E-state index contributed by atoms with van der Waals surface area (Å²) in [6, 6.07) is 50.2. The van der Waals surface area contributed by atoms with E-state index < -0.39 is 66.5 Å². The Morgan fingerprint density at radius 1 is 0.674 bits per heavy atom. The molecule has 2 heterocycles. The lowest BCUT2D eigenvalue weighted by molar-refractivity contribution is -0.256. The number of aliphatic hydroxyl groups excluding tert-OH is 1. The monoisotopic (exact) mass is 1220 g/mol. The molecule has 6 aromatic carbocycles. The van der Waals surface area contributed by atoms with Crippen LogP contribution in [0.15, 0.2) is 192 Å². The van der Waals surface area contributed by atoms with E-state index in [2.05, 4.69) is 15.4 Å². The highest BCUT2D eigenvalue weighted by Crippen LogP contribution is 2.42. The molecular weight excluding hydrogens is 1140 g/mol. The number of nitrogens with two attached hydrogens (primary N) is 3. The number of ether oxygens (including phenoxy) is 10. The van der Waals surface area contributed by atoms with E-state index in [1.165, 1.54) is 17.4 Å². The van der Waals surface area contributed by atoms with Crippen molar-refractivity contribution in [3.8, 4) is 11.5 Å². The second kappa shape index (κ2) is 33.9. The number of hydrogen-bond acceptors (Lipinski definition) is 21. The van der Waals surface area contributed by atoms with Crippen LogP contribution in [0, 0.1) is 0 Å². The van der Waals surface area contributed by atoms with E-state index in [9.17, 15) is 24.3 Å². The Morgan fingerprint density at radius 3 is 1.82 bits per heavy atom. The first-order valence-corrected chi connectivity index (χ1v) is 29.3. The number of esters is 3. The number of unbranched alkanes of at least 4 members (excludes halogenated alkanes) is 1. The van der Waals surface area contributed by atoms with Gasteiger partial charge in [-0.1, -0.05) is 109 Å². The number of aliphatic imine (C=N–C) groups is 1. The summed E-state index contributed by atoms with van der Waals surface area (Å²) in [6.45, 7) is 0.513. The number of aliphatic hydroxyl groups is 1. The molecule has 8 N–H and O–H groups in total. The number of rotatable bonds is 32. The van der Waals surface area contributed by atoms with Crippen molar-refractivity contribution in [1.82, 2.24) is 10.3 Å². The highest BCUT2D eigenvalue weighted by atomic mass is 16.7. The lowest BCUT2D eigenvalue weighted by atomic mass is 9.80. The van der Waals surface area contributed by atoms with Gasteiger partial charge in [-0.05, 0) is 96.6 Å². The zero-order valence-corrected chi connectivity index (χ0v) is 49.8. The van der Waals surface area contributed by atoms with Gasteiger partial charge in [0.1, 0.15) is 47.7 Å². The fourth-order valence-corrected chi connectivity index (χ4v) is 10.0. The minimum absolute atomic E-state index is 0.00472. The summed E-state index contributed by atoms with van der Waals surface area (Å²) in [7, 11) is 3.23. The average Bonchev–Trinajstić information content (AvgIpc) is 1.34. The predicted molar refractivity (Wildman–Crippen MR) is 330 cm³/mol. The van der Waals surface area contributed by atoms with Gasteiger partial charge >= 0.3 is 17.9 Å². The molecule has 22 heteroatoms. The summed E-state index contributed by atoms with van der Waals surface area (Å²) in [5.41, 5.74) is 9.12. The number of benzene rings is 6. The van der Waals surface area contributed by atoms with E-state index in [4.69, 9.17) is 64.8 Å². The van der Waals surface area contributed by atoms with Crippen molar-refractivity contribution in [2.45, 2.75) is 87.2 Å². The van der Waals surface area contributed by atoms with E-state index in [0.29, 0.717) is 60.8 Å². The third kappa shape index (κ3) is 19.2. The van der Waals surface area contributed by atoms with Crippen molar-refractivity contribution in [2.75, 3.05) is 60.3 Å². The molecule has 0 bridgehead atoms. The van der Waals surface area contributed by atoms with E-state index in [0.717, 1.165) is 16.7 Å². The molecule has 2 aliphatic heterocycles. The standard InChI is InChI=1S/C67H77N7O15/c1-80-54-31-27-50(28-32-54)67(49-24-13-6-14-25-49,51-29-33-55(81-2)34-30-51)85-45-58-56(75)38-61(86-58)72-40-53(73-69)43-82-42-52(68)41-74(70)36-17-35-71-60(76)26-15-16-37-83-62-39-57(88-65(78)47-20-9-4-10-21-47)63(89-66(79)48-22-11-5-12-23-48)59(87-62)44-84-64(77)46-18-7-3-8-19-46/h3-14,18-25,27-34,40-41,56-59,61-63,75H,15-17,26,35-39,42-45,68-70H2,1-2H3,(H,71,76)/b52-41-,72-40?,73-53?/t56?,57-,58-,59-,61+,62-,63-/m1/s1. The van der Waals surface area contributed by atoms with E-state index in [-0.39, 0.29) is 69.3 Å². The zero-order chi connectivity index (χ0) is 62.8. The third-order valence-corrected chi connectivity index (χ3v) is 14.7. The molecule has 0 aromatic heterocycles. The van der Waals surface area contributed by atoms with Gasteiger partial charge in [0.15, 0.2) is 18.6 Å². The Morgan fingerprint density at radius 2 is 1.24 bits per heavy atom. The number of hydrazone groups is 1. The summed E-state index contributed by atoms with van der Waals surface area (Å²) in [6.07, 6.45) is -1.80. The number of nitrogens with zero attached hydrogens (tertiary/aromatic N) is 3. The first-order valence-electron chi connectivity index (χ1n) is 29.3. The summed E-state index contributed by atoms with van der Waals surface area (Å²) >= 11 is 0. The molecule has 2 aliphatic rings. The third-order valence-electron chi connectivity index (χ3n) is 14.7. The summed E-state index contributed by atoms with van der Waals surface area (Å²) in [5, 5.41) is 19.3. The van der Waals surface area contributed by atoms with Crippen LogP contribution in [0.25, 0.3) is 0 Å². The maximum absolute atomic E-state index is 13.4. The van der Waals surface area contributed by atoms with Crippen LogP contribution in [0.5, 0.6) is 11.5 Å². The van der Waals surface area contributed by atoms with E-state index >= 15 is 0 Å². The van der Waals surface area contributed by atoms with Crippen molar-refractivity contribution >= 4 is 35.7 Å². The summed E-state index contributed by atoms with van der Waals surface area (Å²) in [4.78, 5) is 57.2. The molecule has 22 nitrogen and oxygen atoms in total. The molecule has 0 spiro atoms. The molecule has 2 fully saturated rings. The number of carbonyl (C=O) groups excluding carboxylic acids is 4. The normalized spacial score (nSPS) is 19.5. The Balaban J connectivity index is 0.747. The summed E-state index contributed by atoms with van der Waals surface area (Å²) < 4.78 is 59.9. The van der Waals surface area contributed by atoms with Crippen LogP contribution in [0.2, 0.25) is 0 Å². The average molecular weight is 1220 g/mol. The van der Waals surface area contributed by atoms with Crippen molar-refractivity contribution < 1.29 is 71.7 Å². The van der Waals surface area contributed by atoms with Crippen LogP contribution in [0.1, 0.15) is 86.3 Å². The Bertz CT molecular complexity index is 3210. The van der Waals surface area contributed by atoms with Crippen molar-refractivity contribution in [2.24, 2.45) is 27.5 Å². The van der Waals surface area contributed by atoms with Crippen LogP contribution in [0.3, 0.4) is 0 Å². The number of hydrogen-bond donors (Lipinski definition) is 5. The van der Waals surface area contributed by atoms with Gasteiger partial charge in [0.05, 0.1) is 68.7 Å². The quantitative estimate of drug-likeness (QED) is 0.00541. The second-order valence-electron chi connectivity index (χ2n) is 21.0. The Kier molecular flexibility index (Phi) is 25.2. The molecule has 89 heavy (non-hydrogen) atoms. The number of hydrazine groups is 1. The van der Waals surface area contributed by atoms with E-state index in [1.54, 1.807) is 105 Å². The molecule has 2 saturated heterocycles. The number of nitrogens with one attached hydrogen (secondary N) is 1. The lowest BCUT2D eigenvalue weighted by Gasteiger charge is -2.40. The maximum atomic E-state index is 13.4. The number of carbonyl (C=O) groups is 4. The lowest BCUT2D eigenvalue weighted by Crippen LogP contribution is -2.54. The Hall–Kier alpha value is -9.00. The van der Waals surface area contributed by atoms with Gasteiger partial charge in [0, 0.05) is 45.2 Å². The van der Waals surface area contributed by atoms with Gasteiger partial charge in [-0.25, -0.2) is 20.2 Å². The van der Waals surface area contributed by atoms with Gasteiger partial charge in [-0.2, -0.15) is 5.10 Å². The predicted octanol–water partition coefficient (Wildman–Crippen LogP) is 6.98. The molecule has 0 saturated carbocycles. The topological polar surface area (TPSA) is 299 Å². The van der Waals surface area contributed by atoms with Crippen LogP contribution in [-0.4, -0.2) is 149 Å². The number of amides is 1. The molecule has 1 amide bonds. The minimum atomic E-state index is -1.19. The minimum Gasteiger partial charge on any atom is -0.497 e. The first-order chi connectivity index (χ1) is 43.3. The van der Waals surface area contributed by atoms with Crippen LogP contribution >= 0.6 is 0 Å². The van der Waals surface area contributed by atoms with Crippen LogP contribution in [-0.2, 0) is 48.3 Å². The van der Waals surface area contributed by atoms with Crippen molar-refractivity contribution in [3.63, 3.8) is 0 Å². The molecule has 0 aliphatic carbocycles. The van der Waals surface area contributed by atoms with Crippen LogP contribution < -0.4 is 32.2 Å². The summed E-state index contributed by atoms with van der Waals surface area (Å²) in [5.74, 6) is 11.1. The fraction of sp³-hybridized carbons (Fsp3) is 0.343. The molecular formula is C67H77N7O15. The van der Waals surface area contributed by atoms with Gasteiger partial charge in [-0.3, -0.25) is 9.79 Å². The molecule has 470 valence electrons. The van der Waals surface area contributed by atoms with Crippen molar-refractivity contribution in [1.29, 1.82) is 0 Å². The SMILES string of the molecule is COc1ccc(C(OC[C@H]2O[C@H](N=CC(COC/C(N)=C/N(N)CCCNC(=O)CCCCO[C@H]3C[C@@H](OC(=O)c4ccccc4)[C@@H](OC(=O)c4ccccc4)[C@@H](COC(=O)c4ccccc4)O3)=NN)CC2O)(c2ccccc2)c2ccc(OC)cc2)cc1. The maximum Gasteiger partial charge on any atom is 0.338 e.